The molecular weight excluding hydrogens is 388 g/mol. The Kier molecular flexibility index (Phi) is 6.29. The minimum Gasteiger partial charge on any atom is -0.481 e. The Hall–Kier alpha value is -2.38. The van der Waals surface area contributed by atoms with Gasteiger partial charge in [-0.3, -0.25) is 4.79 Å². The molecule has 0 spiro atoms. The Bertz CT molecular complexity index is 978. The summed E-state index contributed by atoms with van der Waals surface area (Å²) in [7, 11) is -3.57. The Morgan fingerprint density at radius 1 is 0.931 bits per heavy atom. The summed E-state index contributed by atoms with van der Waals surface area (Å²) < 4.78 is 33.3. The van der Waals surface area contributed by atoms with Gasteiger partial charge in [-0.2, -0.15) is 4.31 Å². The second-order valence-corrected chi connectivity index (χ2v) is 9.48. The number of amides is 1. The minimum absolute atomic E-state index is 0.130. The molecule has 2 aromatic rings. The summed E-state index contributed by atoms with van der Waals surface area (Å²) in [5, 5.41) is 0. The molecule has 1 aliphatic rings. The lowest BCUT2D eigenvalue weighted by molar-refractivity contribution is -0.139. The van der Waals surface area contributed by atoms with Crippen LogP contribution in [-0.4, -0.2) is 55.8 Å². The third-order valence-corrected chi connectivity index (χ3v) is 7.23. The zero-order valence-corrected chi connectivity index (χ0v) is 18.2. The first-order valence-electron chi connectivity index (χ1n) is 9.78. The maximum Gasteiger partial charge on any atom is 0.263 e. The number of rotatable bonds is 5. The Morgan fingerprint density at radius 2 is 1.52 bits per heavy atom. The largest absolute Gasteiger partial charge is 0.481 e. The van der Waals surface area contributed by atoms with E-state index in [4.69, 9.17) is 4.74 Å². The van der Waals surface area contributed by atoms with E-state index in [1.165, 1.54) is 4.31 Å². The SMILES string of the molecule is Cc1ccc(OC(C)C(=O)N2CCN(S(=O)(=O)c3cc(C)ccc3C)CC2)cc1. The molecule has 6 nitrogen and oxygen atoms in total. The van der Waals surface area contributed by atoms with Gasteiger partial charge in [0.05, 0.1) is 4.90 Å². The summed E-state index contributed by atoms with van der Waals surface area (Å²) in [6, 6.07) is 13.0. The zero-order valence-electron chi connectivity index (χ0n) is 17.4. The lowest BCUT2D eigenvalue weighted by Crippen LogP contribution is -2.53. The molecule has 0 saturated carbocycles. The van der Waals surface area contributed by atoms with Crippen LogP contribution in [0.25, 0.3) is 0 Å². The van der Waals surface area contributed by atoms with Gasteiger partial charge in [0, 0.05) is 26.2 Å². The number of hydrogen-bond acceptors (Lipinski definition) is 4. The molecule has 2 aromatic carbocycles. The Morgan fingerprint density at radius 3 is 2.14 bits per heavy atom. The highest BCUT2D eigenvalue weighted by Crippen LogP contribution is 2.23. The average Bonchev–Trinajstić information content (AvgIpc) is 2.71. The summed E-state index contributed by atoms with van der Waals surface area (Å²) in [4.78, 5) is 14.7. The van der Waals surface area contributed by atoms with Gasteiger partial charge in [0.15, 0.2) is 6.10 Å². The van der Waals surface area contributed by atoms with Crippen LogP contribution in [0.15, 0.2) is 47.4 Å². The van der Waals surface area contributed by atoms with Crippen molar-refractivity contribution in [1.82, 2.24) is 9.21 Å². The van der Waals surface area contributed by atoms with E-state index >= 15 is 0 Å². The van der Waals surface area contributed by atoms with E-state index in [0.717, 1.165) is 16.7 Å². The molecule has 3 rings (SSSR count). The van der Waals surface area contributed by atoms with Crippen LogP contribution < -0.4 is 4.74 Å². The Balaban J connectivity index is 1.62. The molecule has 0 bridgehead atoms. The van der Waals surface area contributed by atoms with Crippen molar-refractivity contribution in [3.05, 3.63) is 59.2 Å². The van der Waals surface area contributed by atoms with Crippen LogP contribution in [-0.2, 0) is 14.8 Å². The predicted octanol–water partition coefficient (Wildman–Crippen LogP) is 2.91. The number of sulfonamides is 1. The molecule has 0 N–H and O–H groups in total. The van der Waals surface area contributed by atoms with Crippen LogP contribution in [0.2, 0.25) is 0 Å². The average molecular weight is 417 g/mol. The van der Waals surface area contributed by atoms with E-state index in [2.05, 4.69) is 0 Å². The van der Waals surface area contributed by atoms with Gasteiger partial charge in [-0.25, -0.2) is 8.42 Å². The predicted molar refractivity (Wildman–Crippen MR) is 113 cm³/mol. The highest BCUT2D eigenvalue weighted by molar-refractivity contribution is 7.89. The van der Waals surface area contributed by atoms with Crippen LogP contribution in [0.5, 0.6) is 5.75 Å². The van der Waals surface area contributed by atoms with Crippen molar-refractivity contribution in [2.75, 3.05) is 26.2 Å². The molecule has 1 heterocycles. The van der Waals surface area contributed by atoms with Crippen LogP contribution in [0, 0.1) is 20.8 Å². The molecule has 29 heavy (non-hydrogen) atoms. The third-order valence-electron chi connectivity index (χ3n) is 5.19. The summed E-state index contributed by atoms with van der Waals surface area (Å²) in [6.07, 6.45) is -0.625. The van der Waals surface area contributed by atoms with Crippen LogP contribution in [0.3, 0.4) is 0 Å². The maximum absolute atomic E-state index is 13.0. The molecule has 0 aromatic heterocycles. The number of piperazine rings is 1. The van der Waals surface area contributed by atoms with Crippen molar-refractivity contribution in [3.63, 3.8) is 0 Å². The fourth-order valence-electron chi connectivity index (χ4n) is 3.40. The number of aryl methyl sites for hydroxylation is 3. The lowest BCUT2D eigenvalue weighted by Gasteiger charge is -2.35. The highest BCUT2D eigenvalue weighted by atomic mass is 32.2. The zero-order chi connectivity index (χ0) is 21.2. The standard InChI is InChI=1S/C22H28N2O4S/c1-16-6-9-20(10-7-16)28-19(4)22(25)23-11-13-24(14-12-23)29(26,27)21-15-17(2)5-8-18(21)3/h5-10,15,19H,11-14H2,1-4H3. The van der Waals surface area contributed by atoms with Gasteiger partial charge in [0.2, 0.25) is 10.0 Å². The topological polar surface area (TPSA) is 66.9 Å². The monoisotopic (exact) mass is 416 g/mol. The number of nitrogens with zero attached hydrogens (tertiary/aromatic N) is 2. The molecule has 1 saturated heterocycles. The van der Waals surface area contributed by atoms with Crippen molar-refractivity contribution < 1.29 is 17.9 Å². The first-order chi connectivity index (χ1) is 13.7. The molecular formula is C22H28N2O4S. The molecule has 0 radical (unpaired) electrons. The maximum atomic E-state index is 13.0. The molecule has 1 atom stereocenters. The summed E-state index contributed by atoms with van der Waals surface area (Å²) in [6.45, 7) is 8.65. The summed E-state index contributed by atoms with van der Waals surface area (Å²) >= 11 is 0. The first kappa shape index (κ1) is 21.3. The summed E-state index contributed by atoms with van der Waals surface area (Å²) in [5.41, 5.74) is 2.76. The van der Waals surface area contributed by atoms with E-state index in [-0.39, 0.29) is 19.0 Å². The smallest absolute Gasteiger partial charge is 0.263 e. The van der Waals surface area contributed by atoms with Gasteiger partial charge in [0.1, 0.15) is 5.75 Å². The van der Waals surface area contributed by atoms with Crippen molar-refractivity contribution in [3.8, 4) is 5.75 Å². The second kappa shape index (κ2) is 8.55. The van der Waals surface area contributed by atoms with E-state index < -0.39 is 16.1 Å². The molecule has 156 valence electrons. The van der Waals surface area contributed by atoms with Crippen molar-refractivity contribution in [2.24, 2.45) is 0 Å². The first-order valence-corrected chi connectivity index (χ1v) is 11.2. The number of ether oxygens (including phenoxy) is 1. The van der Waals surface area contributed by atoms with Gasteiger partial charge in [0.25, 0.3) is 5.91 Å². The fraction of sp³-hybridized carbons (Fsp3) is 0.409. The molecule has 7 heteroatoms. The molecule has 0 aliphatic carbocycles. The van der Waals surface area contributed by atoms with E-state index in [1.807, 2.05) is 50.2 Å². The van der Waals surface area contributed by atoms with E-state index in [0.29, 0.717) is 23.7 Å². The quantitative estimate of drug-likeness (QED) is 0.752. The normalized spacial score (nSPS) is 16.5. The van der Waals surface area contributed by atoms with Crippen LogP contribution >= 0.6 is 0 Å². The Labute approximate surface area is 173 Å². The lowest BCUT2D eigenvalue weighted by atomic mass is 10.2. The molecule has 1 amide bonds. The minimum atomic E-state index is -3.57. The molecule has 1 unspecified atom stereocenters. The van der Waals surface area contributed by atoms with E-state index in [9.17, 15) is 13.2 Å². The van der Waals surface area contributed by atoms with Crippen molar-refractivity contribution in [2.45, 2.75) is 38.7 Å². The van der Waals surface area contributed by atoms with Crippen LogP contribution in [0.4, 0.5) is 0 Å². The number of hydrogen-bond donors (Lipinski definition) is 0. The van der Waals surface area contributed by atoms with Gasteiger partial charge < -0.3 is 9.64 Å². The number of carbonyl (C=O) groups excluding carboxylic acids is 1. The van der Waals surface area contributed by atoms with Gasteiger partial charge in [-0.1, -0.05) is 29.8 Å². The van der Waals surface area contributed by atoms with Gasteiger partial charge in [-0.05, 0) is 57.0 Å². The number of benzene rings is 2. The van der Waals surface area contributed by atoms with Crippen molar-refractivity contribution >= 4 is 15.9 Å². The highest BCUT2D eigenvalue weighted by Gasteiger charge is 2.32. The third kappa shape index (κ3) is 4.79. The van der Waals surface area contributed by atoms with Gasteiger partial charge in [-0.15, -0.1) is 0 Å². The van der Waals surface area contributed by atoms with Gasteiger partial charge >= 0.3 is 0 Å². The second-order valence-electron chi connectivity index (χ2n) is 7.57. The van der Waals surface area contributed by atoms with Crippen molar-refractivity contribution in [1.29, 1.82) is 0 Å². The molecule has 1 fully saturated rings. The van der Waals surface area contributed by atoms with E-state index in [1.54, 1.807) is 24.8 Å². The van der Waals surface area contributed by atoms with Crippen LogP contribution in [0.1, 0.15) is 23.6 Å². The fourth-order valence-corrected chi connectivity index (χ4v) is 5.13. The number of carbonyl (C=O) groups is 1. The summed E-state index contributed by atoms with van der Waals surface area (Å²) in [5.74, 6) is 0.516. The molecule has 1 aliphatic heterocycles.